The maximum absolute atomic E-state index is 14.7. The van der Waals surface area contributed by atoms with E-state index in [0.29, 0.717) is 80.7 Å². The lowest BCUT2D eigenvalue weighted by Gasteiger charge is -2.42. The number of aromatic amines is 1. The Morgan fingerprint density at radius 2 is 1.48 bits per heavy atom. The number of ether oxygens (including phenoxy) is 7. The van der Waals surface area contributed by atoms with E-state index in [1.165, 1.54) is 60.0 Å². The Kier molecular flexibility index (Phi) is 45.6. The van der Waals surface area contributed by atoms with Gasteiger partial charge < -0.3 is 106 Å². The van der Waals surface area contributed by atoms with Crippen molar-refractivity contribution in [1.29, 1.82) is 5.41 Å². The number of nitrogens with zero attached hydrogens (tertiary/aromatic N) is 4. The number of likely N-dealkylation sites (N-methyl/N-ethyl adjacent to an activating group) is 1. The summed E-state index contributed by atoms with van der Waals surface area (Å²) in [6.45, 7) is 12.2. The quantitative estimate of drug-likeness (QED) is 0.00647. The van der Waals surface area contributed by atoms with Gasteiger partial charge in [0.25, 0.3) is 17.6 Å². The van der Waals surface area contributed by atoms with Crippen molar-refractivity contribution in [3.8, 4) is 0 Å². The van der Waals surface area contributed by atoms with Crippen LogP contribution < -0.4 is 54.0 Å². The number of H-pyrrole nitrogens is 1. The first kappa shape index (κ1) is 108. The average molecular weight is 1910 g/mol. The molecule has 40 nitrogen and oxygen atoms in total. The van der Waals surface area contributed by atoms with E-state index in [4.69, 9.17) is 44.3 Å². The maximum Gasteiger partial charge on any atom is 0.426 e. The van der Waals surface area contributed by atoms with Gasteiger partial charge in [-0.1, -0.05) is 114 Å². The fourth-order valence-corrected chi connectivity index (χ4v) is 19.2. The third-order valence-corrected chi connectivity index (χ3v) is 27.8. The van der Waals surface area contributed by atoms with E-state index in [1.807, 2.05) is 56.6 Å². The van der Waals surface area contributed by atoms with Crippen molar-refractivity contribution >= 4 is 143 Å². The third kappa shape index (κ3) is 35.1. The molecule has 2 saturated heterocycles. The van der Waals surface area contributed by atoms with Crippen LogP contribution in [0.1, 0.15) is 161 Å². The number of Topliss-reactive ketones (excluding diaryl/α,β-unsaturated/α-hetero) is 3. The van der Waals surface area contributed by atoms with Gasteiger partial charge in [-0.2, -0.15) is 4.98 Å². The molecule has 2 bridgehead atoms. The number of benzene rings is 1. The molecule has 0 spiro atoms. The molecule has 3 fully saturated rings. The van der Waals surface area contributed by atoms with Crippen molar-refractivity contribution in [1.82, 2.24) is 62.3 Å². The van der Waals surface area contributed by atoms with E-state index in [-0.39, 0.29) is 153 Å². The number of hydrogen-bond donors (Lipinski definition) is 16. The van der Waals surface area contributed by atoms with E-state index in [0.717, 1.165) is 32.1 Å². The molecule has 7 rings (SSSR count). The molecule has 1 saturated carbocycles. The van der Waals surface area contributed by atoms with E-state index < -0.39 is 162 Å². The predicted molar refractivity (Wildman–Crippen MR) is 490 cm³/mol. The summed E-state index contributed by atoms with van der Waals surface area (Å²) in [5, 5.41) is 78.4. The van der Waals surface area contributed by atoms with Gasteiger partial charge in [0.05, 0.1) is 49.5 Å². The number of nitrogens with two attached hydrogens (primary N) is 1. The topological polar surface area (TPSA) is 591 Å². The largest absolute Gasteiger partial charge is 0.480 e. The van der Waals surface area contributed by atoms with Gasteiger partial charge >= 0.3 is 30.1 Å². The number of hydrogen-bond acceptors (Lipinski definition) is 34. The lowest BCUT2D eigenvalue weighted by atomic mass is 9.78. The van der Waals surface area contributed by atoms with Gasteiger partial charge in [0.15, 0.2) is 22.4 Å². The lowest BCUT2D eigenvalue weighted by molar-refractivity contribution is -0.265. The van der Waals surface area contributed by atoms with Gasteiger partial charge in [0.1, 0.15) is 61.5 Å². The van der Waals surface area contributed by atoms with Crippen LogP contribution in [0, 0.1) is 40.9 Å². The second-order valence-electron chi connectivity index (χ2n) is 33.0. The molecule has 4 aliphatic rings. The van der Waals surface area contributed by atoms with Gasteiger partial charge in [-0.05, 0) is 145 Å². The number of carbonyl (C=O) groups is 13. The number of aliphatic carboxylic acids is 2. The molecule has 3 aliphatic heterocycles. The zero-order valence-corrected chi connectivity index (χ0v) is 78.7. The molecule has 0 radical (unpaired) electrons. The number of nitrogens with one attached hydrogen (secondary N) is 10. The van der Waals surface area contributed by atoms with Crippen molar-refractivity contribution in [3.63, 3.8) is 0 Å². The molecule has 7 amide bonds. The predicted octanol–water partition coefficient (Wildman–Crippen LogP) is 5.46. The summed E-state index contributed by atoms with van der Waals surface area (Å²) in [5.41, 5.74) is 12.4. The van der Waals surface area contributed by atoms with Crippen LogP contribution in [0.3, 0.4) is 0 Å². The smallest absolute Gasteiger partial charge is 0.426 e. The van der Waals surface area contributed by atoms with Crippen LogP contribution in [-0.2, 0) is 87.6 Å². The minimum absolute atomic E-state index is 0.0109. The highest BCUT2D eigenvalue weighted by Crippen LogP contribution is 2.39. The highest BCUT2D eigenvalue weighted by atomic mass is 33.1. The number of aromatic nitrogens is 4. The molecule has 5 heterocycles. The summed E-state index contributed by atoms with van der Waals surface area (Å²) in [5.74, 6) is -13.8. The van der Waals surface area contributed by atoms with Crippen molar-refractivity contribution < 1.29 is 121 Å². The highest BCUT2D eigenvalue weighted by molar-refractivity contribution is 8.77. The molecule has 3 aromatic rings. The average Bonchev–Trinajstić information content (AvgIpc) is 0.771. The summed E-state index contributed by atoms with van der Waals surface area (Å²) < 4.78 is 41.0. The van der Waals surface area contributed by atoms with Crippen LogP contribution in [0.2, 0.25) is 0 Å². The first-order valence-electron chi connectivity index (χ1n) is 43.7. The van der Waals surface area contributed by atoms with Crippen molar-refractivity contribution in [2.45, 2.75) is 224 Å². The fourth-order valence-electron chi connectivity index (χ4n) is 15.3. The Labute approximate surface area is 776 Å². The van der Waals surface area contributed by atoms with Crippen molar-refractivity contribution in [3.05, 3.63) is 94.8 Å². The minimum atomic E-state index is -2.51. The van der Waals surface area contributed by atoms with Crippen LogP contribution in [0.5, 0.6) is 0 Å². The van der Waals surface area contributed by atoms with Gasteiger partial charge in [0.2, 0.25) is 29.5 Å². The van der Waals surface area contributed by atoms with Crippen LogP contribution in [0.15, 0.2) is 78.1 Å². The summed E-state index contributed by atoms with van der Waals surface area (Å²) >= 11 is 0. The number of nitrogen functional groups attached to an aromatic ring is 1. The number of aliphatic hydroxyl groups excluding tert-OH is 2. The first-order chi connectivity index (χ1) is 62.4. The first-order valence-corrected chi connectivity index (χ1v) is 48.7. The van der Waals surface area contributed by atoms with Gasteiger partial charge in [-0.15, -0.1) is 0 Å². The number of rotatable bonds is 37. The number of anilines is 2. The van der Waals surface area contributed by atoms with Gasteiger partial charge in [-0.25, -0.2) is 39.4 Å². The maximum atomic E-state index is 14.7. The van der Waals surface area contributed by atoms with Crippen LogP contribution in [0.4, 0.5) is 21.2 Å². The van der Waals surface area contributed by atoms with E-state index in [1.54, 1.807) is 47.1 Å². The number of carboxylic acid groups (broad SMARTS) is 2. The molecule has 131 heavy (non-hydrogen) atoms. The number of methoxy groups -OCH3 is 2. The van der Waals surface area contributed by atoms with Crippen molar-refractivity contribution in [2.24, 2.45) is 35.5 Å². The van der Waals surface area contributed by atoms with E-state index >= 15 is 0 Å². The Morgan fingerprint density at radius 1 is 0.756 bits per heavy atom. The monoisotopic (exact) mass is 1910 g/mol. The Morgan fingerprint density at radius 3 is 2.20 bits per heavy atom. The Hall–Kier alpha value is -9.61. The number of aliphatic hydroxyl groups is 3. The molecule has 18 atom stereocenters. The number of allylic oxidation sites excluding steroid dienone is 6. The molecule has 1 aromatic carbocycles. The lowest BCUT2D eigenvalue weighted by Crippen LogP contribution is -2.61. The zero-order valence-electron chi connectivity index (χ0n) is 75.5. The number of cyclic esters (lactones) is 1. The summed E-state index contributed by atoms with van der Waals surface area (Å²) in [4.78, 5) is 188. The standard InChI is InChI=1S/C87H127N15O25S4/c1-48-16-12-11-13-17-49(2)66(121-9)42-59-25-19-54(7)87(120,127-59)75(109)80(112)102-31-15-14-18-63(102)83(117)126-67(43-64(103)50(3)39-53(6)73(107)74(108)72(106)52(5)38-48)51(4)40-55-20-27-65(68(41-55)122-10)123-32-33-124-85(118)91-30-36-129-128-35-29-69(104)93-46-61(90-8)79(111)97-62(82(115)116)47-131-130-37-34-125-86(119)101-100-70(105)28-26-60(81(113)114)96-78(110)56-21-23-57(24-22-56)92-44-58-45-94-77-71(95-58)76(88)98-84(89)99-77/h11-13,16-17,21-24,39,45,48,50-52,54-55,59-63,65-68,73-74,90,92,107-108,120H,14-15,18-20,25-38,40-44,46-47H2,1-10H3,(H,91,118)(H,93,104)(H,96,110)(H,97,111)(H,100,105)(H,101,119)(H,113,114)(H,115,116)(H4,88,89,94,98,99)/b13-11+,16-12+,49-17+,53-39+/t48-,50-,51-,52-,54-,55+,59+,60+,61+,62+,63+,65-,66+,67+,68-,73-,74+,87-/m1/s1. The number of carbonyl (C=O) groups excluding carboxylic acids is 11. The zero-order chi connectivity index (χ0) is 96.0. The van der Waals surface area contributed by atoms with Crippen molar-refractivity contribution in [2.75, 3.05) is 94.8 Å². The van der Waals surface area contributed by atoms with Crippen LogP contribution in [-0.4, -0.2) is 284 Å². The Balaban J connectivity index is 0.765. The molecular weight excluding hydrogens is 1780 g/mol. The second kappa shape index (κ2) is 55.2. The van der Waals surface area contributed by atoms with Crippen LogP contribution in [0.25, 0.3) is 11.2 Å². The number of amides is 7. The third-order valence-electron chi connectivity index (χ3n) is 23.0. The van der Waals surface area contributed by atoms with Gasteiger partial charge in [0, 0.05) is 112 Å². The Bertz CT molecular complexity index is 4570. The number of esters is 1. The molecule has 1 aliphatic carbocycles. The number of ketones is 3. The summed E-state index contributed by atoms with van der Waals surface area (Å²) in [6.07, 6.45) is 7.86. The number of hydrazine groups is 1. The minimum Gasteiger partial charge on any atom is -0.480 e. The molecule has 44 heteroatoms. The van der Waals surface area contributed by atoms with E-state index in [9.17, 15) is 87.9 Å². The SMILES string of the molecule is CN[C@@H](CNC(=O)CCSSCCNC(=O)OCCO[C@@H]1CC[C@@H](C[C@@H](C)[C@@H]2CC(=O)[C@H](C)/C=C(\C)[C@@H](O)[C@@H](O)C(=O)[C@H](C)C[C@H](C)/C=C/C=C/C=C(\C)[C@@H](OC)C[C@@H]3CC[C@@H](C)[C@@](O)(O3)C(=O)C(=O)N3CCCC[C@H]3C(=O)O2)C[C@H]1OC)C(=O)N[C@@H](CSSCCOC(=O)NNC(=O)CC[C@H](NC(=O)c1ccc(NCc2cnc3nc(N)[nH]c(=N)c3n2)cc1)C(=O)O)C(=O)O. The number of fused-ring (bicyclic) bond motifs is 4. The summed E-state index contributed by atoms with van der Waals surface area (Å²) in [6, 6.07) is 1.03. The molecule has 0 unspecified atom stereocenters. The van der Waals surface area contributed by atoms with Crippen LogP contribution >= 0.6 is 43.2 Å². The number of carboxylic acids is 2. The number of piperidine rings is 1. The summed E-state index contributed by atoms with van der Waals surface area (Å²) in [7, 11) is 9.56. The molecule has 2 aromatic heterocycles. The second-order valence-corrected chi connectivity index (χ2v) is 38.3. The highest BCUT2D eigenvalue weighted by Gasteiger charge is 2.53. The molecular formula is C87H127N15O25S4. The van der Waals surface area contributed by atoms with E-state index in [2.05, 4.69) is 57.3 Å². The number of alkyl carbamates (subject to hydrolysis) is 1. The molecule has 724 valence electrons. The molecule has 17 N–H and O–H groups in total. The normalized spacial score (nSPS) is 26.3. The fraction of sp³-hybridized carbons (Fsp3) is 0.621. The van der Waals surface area contributed by atoms with Gasteiger partial charge in [-0.3, -0.25) is 49.2 Å².